The molecule has 1 aromatic heterocycles. The number of amides is 2. The van der Waals surface area contributed by atoms with Gasteiger partial charge in [0.1, 0.15) is 0 Å². The summed E-state index contributed by atoms with van der Waals surface area (Å²) >= 11 is 0. The van der Waals surface area contributed by atoms with E-state index in [1.807, 2.05) is 37.4 Å². The Morgan fingerprint density at radius 3 is 3.00 bits per heavy atom. The van der Waals surface area contributed by atoms with Gasteiger partial charge in [0.05, 0.1) is 0 Å². The lowest BCUT2D eigenvalue weighted by atomic mass is 9.89. The number of carbonyl (C=O) groups is 2. The van der Waals surface area contributed by atoms with Gasteiger partial charge in [-0.2, -0.15) is 5.10 Å². The van der Waals surface area contributed by atoms with E-state index in [4.69, 9.17) is 0 Å². The Hall–Kier alpha value is -2.63. The topological polar surface area (TPSA) is 76.0 Å². The van der Waals surface area contributed by atoms with E-state index in [0.29, 0.717) is 25.8 Å². The first kappa shape index (κ1) is 16.2. The van der Waals surface area contributed by atoms with Crippen molar-refractivity contribution in [3.8, 4) is 0 Å². The third kappa shape index (κ3) is 3.82. The number of hydrogen-bond acceptors (Lipinski definition) is 3. The van der Waals surface area contributed by atoms with E-state index < -0.39 is 0 Å². The molecule has 0 bridgehead atoms. The summed E-state index contributed by atoms with van der Waals surface area (Å²) in [6, 6.07) is 9.76. The minimum Gasteiger partial charge on any atom is -0.356 e. The molecule has 2 amide bonds. The second-order valence-corrected chi connectivity index (χ2v) is 6.13. The van der Waals surface area contributed by atoms with Gasteiger partial charge >= 0.3 is 0 Å². The molecular weight excluding hydrogens is 304 g/mol. The number of fused-ring (bicyclic) bond motifs is 1. The maximum absolute atomic E-state index is 12.1. The van der Waals surface area contributed by atoms with Crippen LogP contribution in [0, 0.1) is 5.92 Å². The summed E-state index contributed by atoms with van der Waals surface area (Å²) in [5, 5.41) is 9.93. The predicted molar refractivity (Wildman–Crippen MR) is 91.4 cm³/mol. The van der Waals surface area contributed by atoms with Crippen molar-refractivity contribution in [2.24, 2.45) is 13.0 Å². The SMILES string of the molecule is Cn1nccc1CCNC(=O)CC[C@H]1Cc2ccccc2NC1=O. The van der Waals surface area contributed by atoms with Gasteiger partial charge in [-0.15, -0.1) is 0 Å². The molecule has 1 aliphatic rings. The van der Waals surface area contributed by atoms with Crippen LogP contribution in [-0.4, -0.2) is 28.1 Å². The number of aromatic nitrogens is 2. The summed E-state index contributed by atoms with van der Waals surface area (Å²) in [7, 11) is 1.89. The molecule has 1 aliphatic heterocycles. The Morgan fingerprint density at radius 2 is 2.21 bits per heavy atom. The van der Waals surface area contributed by atoms with Gasteiger partial charge in [0.25, 0.3) is 0 Å². The van der Waals surface area contributed by atoms with Gasteiger partial charge in [0.15, 0.2) is 0 Å². The summed E-state index contributed by atoms with van der Waals surface area (Å²) in [5.74, 6) is -0.136. The van der Waals surface area contributed by atoms with Crippen LogP contribution in [0.2, 0.25) is 0 Å². The molecule has 2 heterocycles. The Morgan fingerprint density at radius 1 is 1.38 bits per heavy atom. The number of rotatable bonds is 6. The lowest BCUT2D eigenvalue weighted by molar-refractivity contribution is -0.122. The van der Waals surface area contributed by atoms with Gasteiger partial charge in [-0.1, -0.05) is 18.2 Å². The van der Waals surface area contributed by atoms with Crippen molar-refractivity contribution in [2.75, 3.05) is 11.9 Å². The van der Waals surface area contributed by atoms with E-state index in [2.05, 4.69) is 15.7 Å². The van der Waals surface area contributed by atoms with Crippen molar-refractivity contribution >= 4 is 17.5 Å². The first-order valence-electron chi connectivity index (χ1n) is 8.26. The molecule has 2 N–H and O–H groups in total. The second kappa shape index (κ2) is 7.29. The first-order valence-corrected chi connectivity index (χ1v) is 8.26. The Kier molecular flexibility index (Phi) is 4.93. The zero-order chi connectivity index (χ0) is 16.9. The molecule has 2 aromatic rings. The van der Waals surface area contributed by atoms with Gasteiger partial charge in [-0.25, -0.2) is 0 Å². The van der Waals surface area contributed by atoms with E-state index in [-0.39, 0.29) is 17.7 Å². The normalized spacial score (nSPS) is 16.4. The Labute approximate surface area is 141 Å². The minimum absolute atomic E-state index is 0.0103. The molecule has 6 nitrogen and oxygen atoms in total. The van der Waals surface area contributed by atoms with Crippen LogP contribution >= 0.6 is 0 Å². The van der Waals surface area contributed by atoms with E-state index >= 15 is 0 Å². The van der Waals surface area contributed by atoms with E-state index in [0.717, 1.165) is 23.4 Å². The van der Waals surface area contributed by atoms with Gasteiger partial charge in [-0.3, -0.25) is 14.3 Å². The maximum atomic E-state index is 12.1. The predicted octanol–water partition coefficient (Wildman–Crippen LogP) is 1.67. The highest BCUT2D eigenvalue weighted by molar-refractivity contribution is 5.96. The standard InChI is InChI=1S/C18H22N4O2/c1-22-15(9-11-20-22)8-10-19-17(23)7-6-14-12-13-4-2-3-5-16(13)21-18(14)24/h2-5,9,11,14H,6-8,10,12H2,1H3,(H,19,23)(H,21,24)/t14-/m0/s1. The average molecular weight is 326 g/mol. The molecule has 1 aromatic carbocycles. The molecule has 0 spiro atoms. The number of nitrogens with zero attached hydrogens (tertiary/aromatic N) is 2. The molecule has 0 aliphatic carbocycles. The molecule has 24 heavy (non-hydrogen) atoms. The van der Waals surface area contributed by atoms with Crippen LogP contribution in [0.4, 0.5) is 5.69 Å². The van der Waals surface area contributed by atoms with Crippen LogP contribution in [0.25, 0.3) is 0 Å². The summed E-state index contributed by atoms with van der Waals surface area (Å²) in [6.45, 7) is 0.581. The van der Waals surface area contributed by atoms with E-state index in [9.17, 15) is 9.59 Å². The fraction of sp³-hybridized carbons (Fsp3) is 0.389. The van der Waals surface area contributed by atoms with E-state index in [1.165, 1.54) is 0 Å². The number of para-hydroxylation sites is 1. The number of hydrogen-bond donors (Lipinski definition) is 2. The summed E-state index contributed by atoms with van der Waals surface area (Å²) in [4.78, 5) is 24.1. The quantitative estimate of drug-likeness (QED) is 0.848. The third-order valence-corrected chi connectivity index (χ3v) is 4.46. The molecule has 126 valence electrons. The van der Waals surface area contributed by atoms with Gasteiger partial charge in [-0.05, 0) is 30.5 Å². The fourth-order valence-corrected chi connectivity index (χ4v) is 3.02. The van der Waals surface area contributed by atoms with E-state index in [1.54, 1.807) is 10.9 Å². The number of nitrogens with one attached hydrogen (secondary N) is 2. The lowest BCUT2D eigenvalue weighted by Crippen LogP contribution is -2.32. The summed E-state index contributed by atoms with van der Waals surface area (Å²) < 4.78 is 1.80. The lowest BCUT2D eigenvalue weighted by Gasteiger charge is -2.24. The minimum atomic E-state index is -0.136. The van der Waals surface area contributed by atoms with Crippen molar-refractivity contribution < 1.29 is 9.59 Å². The van der Waals surface area contributed by atoms with Crippen LogP contribution in [0.15, 0.2) is 36.5 Å². The molecule has 0 fully saturated rings. The molecule has 1 atom stereocenters. The molecule has 0 unspecified atom stereocenters. The van der Waals surface area contributed by atoms with Crippen molar-refractivity contribution in [1.29, 1.82) is 0 Å². The summed E-state index contributed by atoms with van der Waals surface area (Å²) in [6.07, 6.45) is 4.13. The molecule has 3 rings (SSSR count). The smallest absolute Gasteiger partial charge is 0.227 e. The van der Waals surface area contributed by atoms with Crippen LogP contribution < -0.4 is 10.6 Å². The van der Waals surface area contributed by atoms with Gasteiger partial charge < -0.3 is 10.6 Å². The van der Waals surface area contributed by atoms with Crippen molar-refractivity contribution in [1.82, 2.24) is 15.1 Å². The number of anilines is 1. The highest BCUT2D eigenvalue weighted by atomic mass is 16.2. The monoisotopic (exact) mass is 326 g/mol. The molecule has 6 heteroatoms. The largest absolute Gasteiger partial charge is 0.356 e. The number of aryl methyl sites for hydroxylation is 1. The van der Waals surface area contributed by atoms with Crippen LogP contribution in [0.5, 0.6) is 0 Å². The first-order chi connectivity index (χ1) is 11.6. The number of benzene rings is 1. The number of carbonyl (C=O) groups excluding carboxylic acids is 2. The zero-order valence-corrected chi connectivity index (χ0v) is 13.8. The molecular formula is C18H22N4O2. The Bertz CT molecular complexity index is 738. The molecule has 0 saturated carbocycles. The average Bonchev–Trinajstić information content (AvgIpc) is 2.98. The van der Waals surface area contributed by atoms with Crippen LogP contribution in [-0.2, 0) is 29.5 Å². The highest BCUT2D eigenvalue weighted by Gasteiger charge is 2.26. The molecule has 0 radical (unpaired) electrons. The van der Waals surface area contributed by atoms with Crippen molar-refractivity contribution in [2.45, 2.75) is 25.7 Å². The third-order valence-electron chi connectivity index (χ3n) is 4.46. The van der Waals surface area contributed by atoms with Gasteiger partial charge in [0.2, 0.25) is 11.8 Å². The Balaban J connectivity index is 1.43. The van der Waals surface area contributed by atoms with Crippen LogP contribution in [0.3, 0.4) is 0 Å². The summed E-state index contributed by atoms with van der Waals surface area (Å²) in [5.41, 5.74) is 3.11. The zero-order valence-electron chi connectivity index (χ0n) is 13.8. The van der Waals surface area contributed by atoms with Crippen molar-refractivity contribution in [3.05, 3.63) is 47.8 Å². The highest BCUT2D eigenvalue weighted by Crippen LogP contribution is 2.27. The van der Waals surface area contributed by atoms with Gasteiger partial charge in [0, 0.05) is 49.9 Å². The maximum Gasteiger partial charge on any atom is 0.227 e. The molecule has 0 saturated heterocycles. The van der Waals surface area contributed by atoms with Crippen LogP contribution in [0.1, 0.15) is 24.1 Å². The second-order valence-electron chi connectivity index (χ2n) is 6.13. The fourth-order valence-electron chi connectivity index (χ4n) is 3.02. The van der Waals surface area contributed by atoms with Crippen molar-refractivity contribution in [3.63, 3.8) is 0 Å².